The largest absolute Gasteiger partial charge is 0.412 e. The molecule has 0 saturated heterocycles. The van der Waals surface area contributed by atoms with Gasteiger partial charge in [0.05, 0.1) is 11.4 Å². The summed E-state index contributed by atoms with van der Waals surface area (Å²) in [5, 5.41) is 16.2. The van der Waals surface area contributed by atoms with Gasteiger partial charge in [-0.25, -0.2) is 20.4 Å². The minimum Gasteiger partial charge on any atom is -0.412 e. The average molecular weight is 319 g/mol. The predicted molar refractivity (Wildman–Crippen MR) is 80.3 cm³/mol. The smallest absolute Gasteiger partial charge is 0.343 e. The van der Waals surface area contributed by atoms with E-state index in [4.69, 9.17) is 16.9 Å². The molecule has 10 N–H and O–H groups in total. The minimum absolute atomic E-state index is 0. The van der Waals surface area contributed by atoms with Gasteiger partial charge in [-0.3, -0.25) is 10.7 Å². The fraction of sp³-hybridized carbons (Fsp3) is 0. The molecule has 0 aliphatic heterocycles. The number of guanidine groups is 1. The van der Waals surface area contributed by atoms with Crippen molar-refractivity contribution in [3.8, 4) is 0 Å². The maximum atomic E-state index is 11.0. The van der Waals surface area contributed by atoms with Crippen molar-refractivity contribution < 1.29 is 15.1 Å². The zero-order valence-electron chi connectivity index (χ0n) is 10.6. The third-order valence-corrected chi connectivity index (χ3v) is 1.68. The summed E-state index contributed by atoms with van der Waals surface area (Å²) in [6.07, 6.45) is 6.29. The summed E-state index contributed by atoms with van der Waals surface area (Å²) >= 11 is 0. The van der Waals surface area contributed by atoms with Gasteiger partial charge in [0.25, 0.3) is 0 Å². The van der Waals surface area contributed by atoms with Gasteiger partial charge in [0, 0.05) is 0 Å². The van der Waals surface area contributed by atoms with Crippen molar-refractivity contribution in [3.05, 3.63) is 24.3 Å². The van der Waals surface area contributed by atoms with Crippen LogP contribution >= 0.6 is 12.4 Å². The molecule has 0 saturated carbocycles. The van der Waals surface area contributed by atoms with E-state index >= 15 is 0 Å². The molecule has 0 fully saturated rings. The summed E-state index contributed by atoms with van der Waals surface area (Å²) in [4.78, 5) is 21.3. The second-order valence-corrected chi connectivity index (χ2v) is 3.20. The number of allylic oxidation sites excluding steroid dienone is 4. The van der Waals surface area contributed by atoms with Crippen molar-refractivity contribution in [2.75, 3.05) is 0 Å². The standard InChI is InChI=1S/C9H12N8O2.ClH.H2O/c10-7(11)16-14-5-1-3-6(4-2-5)15-17-9(19)13-8(12)18;;/h1-4H,(H4,10,11,16)(H4,12,13,17,18,19);1H;1H2. The van der Waals surface area contributed by atoms with Gasteiger partial charge in [-0.2, -0.15) is 10.2 Å². The van der Waals surface area contributed by atoms with Gasteiger partial charge in [0.15, 0.2) is 0 Å². The van der Waals surface area contributed by atoms with E-state index < -0.39 is 12.1 Å². The normalized spacial score (nSPS) is 11.4. The van der Waals surface area contributed by atoms with Gasteiger partial charge < -0.3 is 16.9 Å². The van der Waals surface area contributed by atoms with Crippen molar-refractivity contribution in [2.24, 2.45) is 21.7 Å². The molecule has 1 aliphatic rings. The molecule has 0 aromatic rings. The number of amides is 4. The van der Waals surface area contributed by atoms with E-state index in [1.54, 1.807) is 29.6 Å². The molecular formula is C9H15ClN8O3. The van der Waals surface area contributed by atoms with Crippen LogP contribution in [-0.2, 0) is 0 Å². The summed E-state index contributed by atoms with van der Waals surface area (Å²) in [5.74, 6) is -0.279. The Morgan fingerprint density at radius 3 is 1.81 bits per heavy atom. The fourth-order valence-electron chi connectivity index (χ4n) is 0.982. The zero-order valence-corrected chi connectivity index (χ0v) is 11.4. The van der Waals surface area contributed by atoms with E-state index in [2.05, 4.69) is 21.1 Å². The number of hydrogen-bond acceptors (Lipinski definition) is 5. The fourth-order valence-corrected chi connectivity index (χ4v) is 0.982. The number of rotatable bonds is 2. The highest BCUT2D eigenvalue weighted by molar-refractivity contribution is 6.18. The van der Waals surface area contributed by atoms with Crippen LogP contribution in [0.1, 0.15) is 0 Å². The molecule has 0 unspecified atom stereocenters. The van der Waals surface area contributed by atoms with Crippen LogP contribution in [0.15, 0.2) is 34.5 Å². The molecular weight excluding hydrogens is 304 g/mol. The Morgan fingerprint density at radius 2 is 1.43 bits per heavy atom. The molecule has 0 aromatic carbocycles. The summed E-state index contributed by atoms with van der Waals surface area (Å²) in [7, 11) is 0. The molecule has 1 rings (SSSR count). The number of imide groups is 1. The van der Waals surface area contributed by atoms with Gasteiger partial charge >= 0.3 is 12.1 Å². The molecule has 0 atom stereocenters. The molecule has 0 spiro atoms. The van der Waals surface area contributed by atoms with E-state index in [0.29, 0.717) is 11.4 Å². The van der Waals surface area contributed by atoms with Crippen LogP contribution in [0.4, 0.5) is 9.59 Å². The third kappa shape index (κ3) is 8.74. The third-order valence-electron chi connectivity index (χ3n) is 1.68. The quantitative estimate of drug-likeness (QED) is 0.152. The Bertz CT molecular complexity index is 507. The van der Waals surface area contributed by atoms with E-state index in [1.165, 1.54) is 0 Å². The lowest BCUT2D eigenvalue weighted by Crippen LogP contribution is -2.40. The molecule has 1 aliphatic carbocycles. The number of nitrogens with zero attached hydrogens (tertiary/aromatic N) is 2. The molecule has 21 heavy (non-hydrogen) atoms. The van der Waals surface area contributed by atoms with Crippen LogP contribution < -0.4 is 27.6 Å². The van der Waals surface area contributed by atoms with Gasteiger partial charge in [0.2, 0.25) is 5.96 Å². The van der Waals surface area contributed by atoms with Gasteiger partial charge in [-0.1, -0.05) is 0 Å². The van der Waals surface area contributed by atoms with E-state index in [-0.39, 0.29) is 23.8 Å². The Labute approximate surface area is 125 Å². The number of nitrogens with two attached hydrogens (primary N) is 2. The average Bonchev–Trinajstić information content (AvgIpc) is 2.34. The lowest BCUT2D eigenvalue weighted by molar-refractivity contribution is 0.232. The second-order valence-electron chi connectivity index (χ2n) is 3.20. The maximum absolute atomic E-state index is 11.0. The topological polar surface area (TPSA) is 202 Å². The van der Waals surface area contributed by atoms with E-state index in [1.807, 2.05) is 0 Å². The number of nitrogens with one attached hydrogen (secondary N) is 4. The molecule has 0 heterocycles. The van der Waals surface area contributed by atoms with Crippen molar-refractivity contribution in [3.63, 3.8) is 0 Å². The van der Waals surface area contributed by atoms with Gasteiger partial charge in [-0.15, -0.1) is 12.4 Å². The van der Waals surface area contributed by atoms with Gasteiger partial charge in [-0.05, 0) is 24.3 Å². The molecule has 12 heteroatoms. The number of halogens is 1. The number of carbonyl (C=O) groups is 2. The SMILES string of the molecule is Cl.N=C(N)NN=C1C=CC(=NNC(=O)NC(N)=O)C=C1.O. The lowest BCUT2D eigenvalue weighted by atomic mass is 10.1. The summed E-state index contributed by atoms with van der Waals surface area (Å²) < 4.78 is 0. The second kappa shape index (κ2) is 9.94. The first-order valence-electron chi connectivity index (χ1n) is 4.95. The zero-order chi connectivity index (χ0) is 14.3. The summed E-state index contributed by atoms with van der Waals surface area (Å²) in [6.45, 7) is 0. The Balaban J connectivity index is 0. The van der Waals surface area contributed by atoms with Crippen LogP contribution in [-0.4, -0.2) is 34.9 Å². The first-order valence-corrected chi connectivity index (χ1v) is 4.95. The maximum Gasteiger partial charge on any atom is 0.343 e. The van der Waals surface area contributed by atoms with Crippen LogP contribution in [0.25, 0.3) is 0 Å². The van der Waals surface area contributed by atoms with Crippen molar-refractivity contribution in [2.45, 2.75) is 0 Å². The van der Waals surface area contributed by atoms with Crippen LogP contribution in [0, 0.1) is 5.41 Å². The monoisotopic (exact) mass is 318 g/mol. The molecule has 116 valence electrons. The highest BCUT2D eigenvalue weighted by Gasteiger charge is 2.03. The van der Waals surface area contributed by atoms with Crippen LogP contribution in [0.2, 0.25) is 0 Å². The van der Waals surface area contributed by atoms with Crippen LogP contribution in [0.3, 0.4) is 0 Å². The number of hydrazone groups is 2. The minimum atomic E-state index is -0.975. The summed E-state index contributed by atoms with van der Waals surface area (Å²) in [6, 6.07) is -1.81. The highest BCUT2D eigenvalue weighted by Crippen LogP contribution is 1.96. The van der Waals surface area contributed by atoms with E-state index in [9.17, 15) is 9.59 Å². The van der Waals surface area contributed by atoms with Crippen molar-refractivity contribution >= 4 is 41.9 Å². The highest BCUT2D eigenvalue weighted by atomic mass is 35.5. The molecule has 0 bridgehead atoms. The van der Waals surface area contributed by atoms with Crippen molar-refractivity contribution in [1.82, 2.24) is 16.2 Å². The Hall–Kier alpha value is -2.92. The molecule has 0 radical (unpaired) electrons. The van der Waals surface area contributed by atoms with E-state index in [0.717, 1.165) is 0 Å². The first kappa shape index (κ1) is 20.4. The summed E-state index contributed by atoms with van der Waals surface area (Å²) in [5.41, 5.74) is 15.1. The Kier molecular flexibility index (Phi) is 9.65. The van der Waals surface area contributed by atoms with Crippen molar-refractivity contribution in [1.29, 1.82) is 5.41 Å². The molecule has 11 nitrogen and oxygen atoms in total. The first-order chi connectivity index (χ1) is 8.97. The van der Waals surface area contributed by atoms with Gasteiger partial charge in [0.1, 0.15) is 0 Å². The number of urea groups is 2. The number of hydrogen-bond donors (Lipinski definition) is 6. The lowest BCUT2D eigenvalue weighted by Gasteiger charge is -2.03. The molecule has 0 aromatic heterocycles. The number of primary amides is 1. The molecule has 4 amide bonds. The van der Waals surface area contributed by atoms with Crippen LogP contribution in [0.5, 0.6) is 0 Å². The number of carbonyl (C=O) groups excluding carboxylic acids is 2. The predicted octanol–water partition coefficient (Wildman–Crippen LogP) is -1.72. The Morgan fingerprint density at radius 1 is 1.00 bits per heavy atom.